The maximum absolute atomic E-state index is 4.26. The van der Waals surface area contributed by atoms with Crippen LogP contribution in [0.1, 0.15) is 25.6 Å². The van der Waals surface area contributed by atoms with Crippen molar-refractivity contribution in [2.45, 2.75) is 25.3 Å². The van der Waals surface area contributed by atoms with Gasteiger partial charge < -0.3 is 5.32 Å². The minimum Gasteiger partial charge on any atom is -0.305 e. The average molecular weight is 166 g/mol. The molecule has 0 aromatic carbocycles. The Morgan fingerprint density at radius 3 is 3.00 bits per heavy atom. The van der Waals surface area contributed by atoms with Crippen molar-refractivity contribution in [1.29, 1.82) is 0 Å². The molecule has 12 heavy (non-hydrogen) atoms. The summed E-state index contributed by atoms with van der Waals surface area (Å²) in [6.45, 7) is 3.27. The maximum atomic E-state index is 4.26. The van der Waals surface area contributed by atoms with Gasteiger partial charge in [0.25, 0.3) is 0 Å². The van der Waals surface area contributed by atoms with Gasteiger partial charge >= 0.3 is 0 Å². The SMILES string of the molecule is Cn1ncnc1C1(C)CCCN1. The molecule has 1 aromatic rings. The van der Waals surface area contributed by atoms with Crippen LogP contribution in [0, 0.1) is 0 Å². The van der Waals surface area contributed by atoms with Crippen molar-refractivity contribution < 1.29 is 0 Å². The van der Waals surface area contributed by atoms with Gasteiger partial charge in [-0.05, 0) is 26.3 Å². The van der Waals surface area contributed by atoms with Crippen LogP contribution in [0.5, 0.6) is 0 Å². The molecule has 1 unspecified atom stereocenters. The minimum atomic E-state index is 0.0469. The van der Waals surface area contributed by atoms with Gasteiger partial charge in [0, 0.05) is 7.05 Å². The first kappa shape index (κ1) is 7.73. The number of aromatic nitrogens is 3. The lowest BCUT2D eigenvalue weighted by Crippen LogP contribution is -2.36. The molecule has 2 rings (SSSR count). The van der Waals surface area contributed by atoms with Gasteiger partial charge in [-0.15, -0.1) is 0 Å². The van der Waals surface area contributed by atoms with E-state index in [-0.39, 0.29) is 5.54 Å². The van der Waals surface area contributed by atoms with E-state index in [0.717, 1.165) is 18.8 Å². The molecule has 2 heterocycles. The van der Waals surface area contributed by atoms with Crippen LogP contribution in [0.4, 0.5) is 0 Å². The lowest BCUT2D eigenvalue weighted by Gasteiger charge is -2.22. The highest BCUT2D eigenvalue weighted by molar-refractivity contribution is 5.06. The summed E-state index contributed by atoms with van der Waals surface area (Å²) in [5, 5.41) is 7.52. The van der Waals surface area contributed by atoms with E-state index in [2.05, 4.69) is 22.3 Å². The molecule has 0 spiro atoms. The third-order valence-corrected chi connectivity index (χ3v) is 2.57. The van der Waals surface area contributed by atoms with Crippen LogP contribution in [-0.2, 0) is 12.6 Å². The first-order valence-corrected chi connectivity index (χ1v) is 4.32. The molecule has 4 nitrogen and oxygen atoms in total. The summed E-state index contributed by atoms with van der Waals surface area (Å²) in [5.41, 5.74) is 0.0469. The van der Waals surface area contributed by atoms with Crippen molar-refractivity contribution in [2.75, 3.05) is 6.54 Å². The zero-order valence-electron chi connectivity index (χ0n) is 7.54. The van der Waals surface area contributed by atoms with Crippen molar-refractivity contribution in [2.24, 2.45) is 7.05 Å². The van der Waals surface area contributed by atoms with Crippen molar-refractivity contribution in [3.05, 3.63) is 12.2 Å². The second kappa shape index (κ2) is 2.55. The van der Waals surface area contributed by atoms with Crippen molar-refractivity contribution in [3.8, 4) is 0 Å². The monoisotopic (exact) mass is 166 g/mol. The number of aryl methyl sites for hydroxylation is 1. The number of nitrogens with one attached hydrogen (secondary N) is 1. The quantitative estimate of drug-likeness (QED) is 0.657. The molecular formula is C8H14N4. The fraction of sp³-hybridized carbons (Fsp3) is 0.750. The van der Waals surface area contributed by atoms with Crippen LogP contribution in [-0.4, -0.2) is 21.3 Å². The first-order chi connectivity index (χ1) is 5.72. The lowest BCUT2D eigenvalue weighted by atomic mass is 10.00. The van der Waals surface area contributed by atoms with Crippen LogP contribution in [0.2, 0.25) is 0 Å². The Kier molecular flexibility index (Phi) is 1.65. The molecule has 1 aliphatic rings. The zero-order valence-corrected chi connectivity index (χ0v) is 7.54. The Hall–Kier alpha value is -0.900. The lowest BCUT2D eigenvalue weighted by molar-refractivity contribution is 0.388. The molecule has 0 radical (unpaired) electrons. The predicted molar refractivity (Wildman–Crippen MR) is 45.6 cm³/mol. The number of rotatable bonds is 1. The van der Waals surface area contributed by atoms with Gasteiger partial charge in [0.05, 0.1) is 5.54 Å². The Balaban J connectivity index is 2.34. The van der Waals surface area contributed by atoms with E-state index in [1.807, 2.05) is 11.7 Å². The van der Waals surface area contributed by atoms with Crippen molar-refractivity contribution >= 4 is 0 Å². The highest BCUT2D eigenvalue weighted by Gasteiger charge is 2.33. The predicted octanol–water partition coefficient (Wildman–Crippen LogP) is 0.414. The molecule has 1 N–H and O–H groups in total. The van der Waals surface area contributed by atoms with Gasteiger partial charge in [0.2, 0.25) is 0 Å². The molecule has 0 amide bonds. The summed E-state index contributed by atoms with van der Waals surface area (Å²) in [7, 11) is 1.94. The Labute approximate surface area is 72.0 Å². The van der Waals surface area contributed by atoms with E-state index < -0.39 is 0 Å². The fourth-order valence-corrected chi connectivity index (χ4v) is 1.88. The smallest absolute Gasteiger partial charge is 0.146 e. The van der Waals surface area contributed by atoms with E-state index in [9.17, 15) is 0 Å². The average Bonchev–Trinajstić information content (AvgIpc) is 2.59. The second-order valence-electron chi connectivity index (χ2n) is 3.57. The standard InChI is InChI=1S/C8H14N4/c1-8(4-3-5-10-8)7-9-6-11-12(7)2/h6,10H,3-5H2,1-2H3. The third kappa shape index (κ3) is 1.03. The molecule has 0 bridgehead atoms. The van der Waals surface area contributed by atoms with Gasteiger partial charge in [-0.1, -0.05) is 0 Å². The van der Waals surface area contributed by atoms with Gasteiger partial charge in [0.1, 0.15) is 12.2 Å². The molecule has 1 saturated heterocycles. The van der Waals surface area contributed by atoms with Crippen LogP contribution < -0.4 is 5.32 Å². The molecule has 66 valence electrons. The molecule has 0 saturated carbocycles. The molecule has 0 aliphatic carbocycles. The molecule has 1 fully saturated rings. The van der Waals surface area contributed by atoms with Gasteiger partial charge in [-0.3, -0.25) is 4.68 Å². The van der Waals surface area contributed by atoms with E-state index in [0.29, 0.717) is 0 Å². The topological polar surface area (TPSA) is 42.7 Å². The fourth-order valence-electron chi connectivity index (χ4n) is 1.88. The minimum absolute atomic E-state index is 0.0469. The van der Waals surface area contributed by atoms with Crippen LogP contribution in [0.25, 0.3) is 0 Å². The highest BCUT2D eigenvalue weighted by Crippen LogP contribution is 2.27. The molecule has 1 aromatic heterocycles. The van der Waals surface area contributed by atoms with Crippen LogP contribution in [0.15, 0.2) is 6.33 Å². The summed E-state index contributed by atoms with van der Waals surface area (Å²) in [5.74, 6) is 1.04. The molecule has 1 atom stereocenters. The highest BCUT2D eigenvalue weighted by atomic mass is 15.3. The number of nitrogens with zero attached hydrogens (tertiary/aromatic N) is 3. The van der Waals surface area contributed by atoms with Crippen molar-refractivity contribution in [3.63, 3.8) is 0 Å². The zero-order chi connectivity index (χ0) is 8.60. The van der Waals surface area contributed by atoms with E-state index in [1.165, 1.54) is 6.42 Å². The van der Waals surface area contributed by atoms with Crippen LogP contribution >= 0.6 is 0 Å². The first-order valence-electron chi connectivity index (χ1n) is 4.32. The normalized spacial score (nSPS) is 29.5. The van der Waals surface area contributed by atoms with Crippen LogP contribution in [0.3, 0.4) is 0 Å². The largest absolute Gasteiger partial charge is 0.305 e. The summed E-state index contributed by atoms with van der Waals surface area (Å²) >= 11 is 0. The Morgan fingerprint density at radius 2 is 2.50 bits per heavy atom. The maximum Gasteiger partial charge on any atom is 0.146 e. The summed E-state index contributed by atoms with van der Waals surface area (Å²) in [6, 6.07) is 0. The number of hydrogen-bond donors (Lipinski definition) is 1. The van der Waals surface area contributed by atoms with Gasteiger partial charge in [-0.25, -0.2) is 4.98 Å². The Bertz CT molecular complexity index is 272. The molecular weight excluding hydrogens is 152 g/mol. The third-order valence-electron chi connectivity index (χ3n) is 2.57. The second-order valence-corrected chi connectivity index (χ2v) is 3.57. The van der Waals surface area contributed by atoms with Crippen molar-refractivity contribution in [1.82, 2.24) is 20.1 Å². The number of hydrogen-bond acceptors (Lipinski definition) is 3. The molecule has 4 heteroatoms. The Morgan fingerprint density at radius 1 is 1.67 bits per heavy atom. The van der Waals surface area contributed by atoms with Gasteiger partial charge in [0.15, 0.2) is 0 Å². The van der Waals surface area contributed by atoms with E-state index in [4.69, 9.17) is 0 Å². The summed E-state index contributed by atoms with van der Waals surface area (Å²) in [6.07, 6.45) is 3.99. The summed E-state index contributed by atoms with van der Waals surface area (Å²) < 4.78 is 1.85. The molecule has 1 aliphatic heterocycles. The summed E-state index contributed by atoms with van der Waals surface area (Å²) in [4.78, 5) is 4.26. The van der Waals surface area contributed by atoms with E-state index >= 15 is 0 Å². The van der Waals surface area contributed by atoms with Gasteiger partial charge in [-0.2, -0.15) is 5.10 Å². The van der Waals surface area contributed by atoms with E-state index in [1.54, 1.807) is 6.33 Å².